The van der Waals surface area contributed by atoms with Crippen LogP contribution in [-0.4, -0.2) is 5.11 Å². The van der Waals surface area contributed by atoms with Crippen molar-refractivity contribution in [3.05, 3.63) is 35.4 Å². The summed E-state index contributed by atoms with van der Waals surface area (Å²) in [5.74, 6) is 1.87. The smallest absolute Gasteiger partial charge is 0.0818 e. The zero-order chi connectivity index (χ0) is 13.1. The van der Waals surface area contributed by atoms with Gasteiger partial charge in [0.2, 0.25) is 0 Å². The van der Waals surface area contributed by atoms with Crippen LogP contribution in [0.2, 0.25) is 0 Å². The predicted molar refractivity (Wildman–Crippen MR) is 76.6 cm³/mol. The van der Waals surface area contributed by atoms with Crippen LogP contribution in [0.1, 0.15) is 69.6 Å². The highest BCUT2D eigenvalue weighted by molar-refractivity contribution is 5.26. The third kappa shape index (κ3) is 2.95. The van der Waals surface area contributed by atoms with E-state index in [2.05, 4.69) is 45.0 Å². The molecule has 18 heavy (non-hydrogen) atoms. The maximum atomic E-state index is 10.5. The molecule has 1 saturated carbocycles. The number of hydrogen-bond donors (Lipinski definition) is 1. The fourth-order valence-electron chi connectivity index (χ4n) is 3.12. The summed E-state index contributed by atoms with van der Waals surface area (Å²) >= 11 is 0. The lowest BCUT2D eigenvalue weighted by Crippen LogP contribution is -2.09. The molecule has 1 N–H and O–H groups in total. The van der Waals surface area contributed by atoms with Gasteiger partial charge in [-0.2, -0.15) is 0 Å². The number of benzene rings is 1. The molecule has 3 unspecified atom stereocenters. The van der Waals surface area contributed by atoms with E-state index >= 15 is 0 Å². The molecule has 2 rings (SSSR count). The molecule has 1 aromatic rings. The normalized spacial score (nSPS) is 25.6. The molecule has 0 bridgehead atoms. The number of aliphatic hydroxyl groups excluding tert-OH is 1. The molecule has 1 nitrogen and oxygen atoms in total. The van der Waals surface area contributed by atoms with Crippen LogP contribution in [0, 0.1) is 11.8 Å². The first kappa shape index (κ1) is 13.6. The van der Waals surface area contributed by atoms with Crippen LogP contribution < -0.4 is 0 Å². The van der Waals surface area contributed by atoms with Crippen LogP contribution in [0.4, 0.5) is 0 Å². The summed E-state index contributed by atoms with van der Waals surface area (Å²) in [7, 11) is 0. The second kappa shape index (κ2) is 5.88. The van der Waals surface area contributed by atoms with Crippen LogP contribution in [0.25, 0.3) is 0 Å². The van der Waals surface area contributed by atoms with Gasteiger partial charge in [-0.05, 0) is 41.7 Å². The predicted octanol–water partition coefficient (Wildman–Crippen LogP) is 4.67. The molecule has 1 aliphatic carbocycles. The van der Waals surface area contributed by atoms with Gasteiger partial charge < -0.3 is 5.11 Å². The summed E-state index contributed by atoms with van der Waals surface area (Å²) in [4.78, 5) is 0. The van der Waals surface area contributed by atoms with E-state index < -0.39 is 0 Å². The topological polar surface area (TPSA) is 20.2 Å². The lowest BCUT2D eigenvalue weighted by atomic mass is 9.91. The molecule has 0 heterocycles. The second-order valence-corrected chi connectivity index (χ2v) is 6.11. The zero-order valence-electron chi connectivity index (χ0n) is 11.9. The van der Waals surface area contributed by atoms with Gasteiger partial charge in [0.1, 0.15) is 0 Å². The Kier molecular flexibility index (Phi) is 4.45. The maximum absolute atomic E-state index is 10.5. The van der Waals surface area contributed by atoms with Crippen molar-refractivity contribution in [1.82, 2.24) is 0 Å². The number of rotatable bonds is 4. The van der Waals surface area contributed by atoms with E-state index in [9.17, 15) is 5.11 Å². The Morgan fingerprint density at radius 2 is 1.72 bits per heavy atom. The van der Waals surface area contributed by atoms with Crippen molar-refractivity contribution in [1.29, 1.82) is 0 Å². The third-order valence-corrected chi connectivity index (χ3v) is 4.55. The highest BCUT2D eigenvalue weighted by Gasteiger charge is 2.29. The summed E-state index contributed by atoms with van der Waals surface area (Å²) in [6, 6.07) is 8.55. The Hall–Kier alpha value is -0.820. The fourth-order valence-corrected chi connectivity index (χ4v) is 3.12. The average Bonchev–Trinajstić information content (AvgIpc) is 2.86. The molecule has 1 aliphatic rings. The molecule has 0 saturated heterocycles. The van der Waals surface area contributed by atoms with Gasteiger partial charge in [-0.15, -0.1) is 0 Å². The lowest BCUT2D eigenvalue weighted by Gasteiger charge is -2.19. The van der Waals surface area contributed by atoms with E-state index in [1.165, 1.54) is 31.2 Å². The quantitative estimate of drug-likeness (QED) is 0.818. The molecule has 0 radical (unpaired) electrons. The number of hydrogen-bond acceptors (Lipinski definition) is 1. The van der Waals surface area contributed by atoms with Crippen molar-refractivity contribution in [3.63, 3.8) is 0 Å². The Morgan fingerprint density at radius 3 is 2.22 bits per heavy atom. The molecule has 1 heteroatoms. The Labute approximate surface area is 111 Å². The van der Waals surface area contributed by atoms with Gasteiger partial charge in [0.25, 0.3) is 0 Å². The summed E-state index contributed by atoms with van der Waals surface area (Å²) in [5, 5.41) is 10.5. The molecular formula is C17H26O. The van der Waals surface area contributed by atoms with Gasteiger partial charge in [0.05, 0.1) is 6.10 Å². The SMILES string of the molecule is CCC1CCC(C(O)c2ccc(C(C)C)cc2)C1. The standard InChI is InChI=1S/C17H26O/c1-4-13-5-6-16(11-13)17(18)15-9-7-14(8-10-15)12(2)3/h7-10,12-13,16-18H,4-6,11H2,1-3H3. The van der Waals surface area contributed by atoms with Crippen molar-refractivity contribution in [2.45, 2.75) is 58.5 Å². The van der Waals surface area contributed by atoms with Crippen LogP contribution in [-0.2, 0) is 0 Å². The summed E-state index contributed by atoms with van der Waals surface area (Å²) < 4.78 is 0. The Morgan fingerprint density at radius 1 is 1.11 bits per heavy atom. The fraction of sp³-hybridized carbons (Fsp3) is 0.647. The molecule has 0 aromatic heterocycles. The van der Waals surface area contributed by atoms with Gasteiger partial charge in [-0.1, -0.05) is 57.9 Å². The molecule has 1 fully saturated rings. The number of aliphatic hydroxyl groups is 1. The van der Waals surface area contributed by atoms with Gasteiger partial charge in [0.15, 0.2) is 0 Å². The van der Waals surface area contributed by atoms with E-state index in [4.69, 9.17) is 0 Å². The Balaban J connectivity index is 2.02. The first-order chi connectivity index (χ1) is 8.61. The van der Waals surface area contributed by atoms with E-state index in [1.54, 1.807) is 0 Å². The molecule has 1 aromatic carbocycles. The maximum Gasteiger partial charge on any atom is 0.0818 e. The summed E-state index contributed by atoms with van der Waals surface area (Å²) in [5.41, 5.74) is 2.45. The van der Waals surface area contributed by atoms with Crippen LogP contribution in [0.5, 0.6) is 0 Å². The van der Waals surface area contributed by atoms with Crippen molar-refractivity contribution < 1.29 is 5.11 Å². The zero-order valence-corrected chi connectivity index (χ0v) is 11.9. The lowest BCUT2D eigenvalue weighted by molar-refractivity contribution is 0.109. The van der Waals surface area contributed by atoms with E-state index in [0.29, 0.717) is 11.8 Å². The minimum Gasteiger partial charge on any atom is -0.388 e. The highest BCUT2D eigenvalue weighted by atomic mass is 16.3. The van der Waals surface area contributed by atoms with Crippen molar-refractivity contribution in [3.8, 4) is 0 Å². The van der Waals surface area contributed by atoms with Crippen molar-refractivity contribution in [2.24, 2.45) is 11.8 Å². The molecule has 0 spiro atoms. The van der Waals surface area contributed by atoms with Crippen LogP contribution in [0.3, 0.4) is 0 Å². The first-order valence-corrected chi connectivity index (χ1v) is 7.39. The summed E-state index contributed by atoms with van der Waals surface area (Å²) in [6.45, 7) is 6.67. The van der Waals surface area contributed by atoms with E-state index in [-0.39, 0.29) is 6.10 Å². The van der Waals surface area contributed by atoms with Gasteiger partial charge in [-0.25, -0.2) is 0 Å². The molecule has 100 valence electrons. The van der Waals surface area contributed by atoms with Crippen LogP contribution >= 0.6 is 0 Å². The van der Waals surface area contributed by atoms with Gasteiger partial charge in [0, 0.05) is 0 Å². The summed E-state index contributed by atoms with van der Waals surface area (Å²) in [6.07, 6.45) is 4.68. The third-order valence-electron chi connectivity index (χ3n) is 4.55. The van der Waals surface area contributed by atoms with Crippen molar-refractivity contribution in [2.75, 3.05) is 0 Å². The first-order valence-electron chi connectivity index (χ1n) is 7.39. The molecule has 0 amide bonds. The largest absolute Gasteiger partial charge is 0.388 e. The minimum absolute atomic E-state index is 0.261. The second-order valence-electron chi connectivity index (χ2n) is 6.11. The monoisotopic (exact) mass is 246 g/mol. The average molecular weight is 246 g/mol. The van der Waals surface area contributed by atoms with Gasteiger partial charge in [-0.3, -0.25) is 0 Å². The molecule has 0 aliphatic heterocycles. The molecule has 3 atom stereocenters. The Bertz CT molecular complexity index is 366. The van der Waals surface area contributed by atoms with E-state index in [0.717, 1.165) is 11.5 Å². The highest BCUT2D eigenvalue weighted by Crippen LogP contribution is 2.40. The van der Waals surface area contributed by atoms with Gasteiger partial charge >= 0.3 is 0 Å². The van der Waals surface area contributed by atoms with Crippen molar-refractivity contribution >= 4 is 0 Å². The van der Waals surface area contributed by atoms with E-state index in [1.807, 2.05) is 0 Å². The minimum atomic E-state index is -0.261. The molecular weight excluding hydrogens is 220 g/mol. The van der Waals surface area contributed by atoms with Crippen LogP contribution in [0.15, 0.2) is 24.3 Å².